The molecule has 3 saturated carbocycles. The third-order valence-corrected chi connectivity index (χ3v) is 22.5. The molecule has 1 heterocycles. The largest absolute Gasteiger partial charge is 0.460 e. The van der Waals surface area contributed by atoms with E-state index in [0.717, 1.165) is 31.3 Å². The number of carbonyl (C=O) groups is 1. The molecule has 0 aromatic carbocycles. The summed E-state index contributed by atoms with van der Waals surface area (Å²) in [5, 5.41) is 10.7. The molecule has 0 amide bonds. The quantitative estimate of drug-likeness (QED) is 0.205. The molecule has 4 aliphatic rings. The average molecular weight is 673 g/mol. The van der Waals surface area contributed by atoms with E-state index in [2.05, 4.69) is 100 Å². The summed E-state index contributed by atoms with van der Waals surface area (Å²) in [6.07, 6.45) is 13.9. The molecule has 0 unspecified atom stereocenters. The average Bonchev–Trinajstić information content (AvgIpc) is 3.37. The lowest BCUT2D eigenvalue weighted by Crippen LogP contribution is -2.49. The van der Waals surface area contributed by atoms with Gasteiger partial charge in [0.25, 0.3) is 0 Å². The van der Waals surface area contributed by atoms with Crippen molar-refractivity contribution in [3.8, 4) is 0 Å². The van der Waals surface area contributed by atoms with Crippen molar-refractivity contribution >= 4 is 22.6 Å². The van der Waals surface area contributed by atoms with Crippen molar-refractivity contribution in [2.75, 3.05) is 0 Å². The van der Waals surface area contributed by atoms with Gasteiger partial charge in [0, 0.05) is 12.8 Å². The Morgan fingerprint density at radius 2 is 1.63 bits per heavy atom. The maximum atomic E-state index is 12.1. The van der Waals surface area contributed by atoms with E-state index >= 15 is 0 Å². The highest BCUT2D eigenvalue weighted by atomic mass is 28.4. The minimum absolute atomic E-state index is 0.00661. The number of cyclic esters (lactones) is 1. The highest BCUT2D eigenvalue weighted by Crippen LogP contribution is 2.60. The molecular formula is C39H68O5Si2. The van der Waals surface area contributed by atoms with E-state index in [1.807, 2.05) is 0 Å². The van der Waals surface area contributed by atoms with Gasteiger partial charge >= 0.3 is 5.97 Å². The van der Waals surface area contributed by atoms with Gasteiger partial charge in [-0.25, -0.2) is 4.79 Å². The predicted molar refractivity (Wildman–Crippen MR) is 196 cm³/mol. The zero-order valence-corrected chi connectivity index (χ0v) is 33.8. The first kappa shape index (κ1) is 37.8. The molecule has 3 aliphatic carbocycles. The van der Waals surface area contributed by atoms with Crippen LogP contribution in [-0.2, 0) is 18.4 Å². The number of rotatable bonds is 8. The molecule has 0 aromatic rings. The highest BCUT2D eigenvalue weighted by Gasteiger charge is 2.52. The van der Waals surface area contributed by atoms with Crippen LogP contribution >= 0.6 is 0 Å². The number of aliphatic hydroxyl groups is 1. The maximum Gasteiger partial charge on any atom is 0.338 e. The molecule has 1 aliphatic heterocycles. The van der Waals surface area contributed by atoms with Crippen LogP contribution in [0.15, 0.2) is 35.5 Å². The first-order chi connectivity index (χ1) is 20.9. The number of allylic oxidation sites excluding steroid dienone is 3. The van der Waals surface area contributed by atoms with Gasteiger partial charge in [-0.05, 0) is 122 Å². The van der Waals surface area contributed by atoms with E-state index in [4.69, 9.17) is 13.6 Å². The second-order valence-electron chi connectivity index (χ2n) is 19.1. The van der Waals surface area contributed by atoms with Crippen LogP contribution in [-0.4, -0.2) is 51.6 Å². The maximum absolute atomic E-state index is 12.1. The summed E-state index contributed by atoms with van der Waals surface area (Å²) in [5.74, 6) is 1.15. The molecule has 1 saturated heterocycles. The van der Waals surface area contributed by atoms with Crippen molar-refractivity contribution in [3.05, 3.63) is 35.5 Å². The summed E-state index contributed by atoms with van der Waals surface area (Å²) in [7, 11) is -3.96. The zero-order valence-electron chi connectivity index (χ0n) is 31.8. The highest BCUT2D eigenvalue weighted by molar-refractivity contribution is 6.74. The lowest BCUT2D eigenvalue weighted by Gasteiger charge is -2.46. The molecule has 4 rings (SSSR count). The Bertz CT molecular complexity index is 1220. The molecule has 0 spiro atoms. The monoisotopic (exact) mass is 672 g/mol. The smallest absolute Gasteiger partial charge is 0.338 e. The Morgan fingerprint density at radius 1 is 1.02 bits per heavy atom. The Morgan fingerprint density at radius 3 is 2.20 bits per heavy atom. The van der Waals surface area contributed by atoms with Crippen molar-refractivity contribution in [2.45, 2.75) is 180 Å². The van der Waals surface area contributed by atoms with E-state index in [9.17, 15) is 9.90 Å². The third kappa shape index (κ3) is 7.74. The fraction of sp³-hybridized carbons (Fsp3) is 0.821. The number of ether oxygens (including phenoxy) is 1. The van der Waals surface area contributed by atoms with E-state index in [0.29, 0.717) is 24.2 Å². The Balaban J connectivity index is 1.56. The molecular weight excluding hydrogens is 605 g/mol. The normalized spacial score (nSPS) is 37.1. The Kier molecular flexibility index (Phi) is 10.7. The lowest BCUT2D eigenvalue weighted by atomic mass is 9.60. The van der Waals surface area contributed by atoms with Crippen LogP contribution in [0.2, 0.25) is 36.3 Å². The topological polar surface area (TPSA) is 65.0 Å². The fourth-order valence-corrected chi connectivity index (χ4v) is 11.2. The van der Waals surface area contributed by atoms with E-state index in [1.165, 1.54) is 31.3 Å². The van der Waals surface area contributed by atoms with Crippen molar-refractivity contribution < 1.29 is 23.5 Å². The molecule has 4 fully saturated rings. The van der Waals surface area contributed by atoms with Gasteiger partial charge in [-0.2, -0.15) is 0 Å². The number of hydrogen-bond acceptors (Lipinski definition) is 5. The van der Waals surface area contributed by atoms with Gasteiger partial charge < -0.3 is 18.7 Å². The molecule has 0 bridgehead atoms. The van der Waals surface area contributed by atoms with Gasteiger partial charge in [0.15, 0.2) is 22.2 Å². The minimum atomic E-state index is -2.00. The van der Waals surface area contributed by atoms with E-state index in [1.54, 1.807) is 12.5 Å². The number of esters is 1. The zero-order chi connectivity index (χ0) is 34.7. The summed E-state index contributed by atoms with van der Waals surface area (Å²) in [5.41, 5.74) is 2.95. The second kappa shape index (κ2) is 13.0. The molecule has 46 heavy (non-hydrogen) atoms. The molecule has 1 N–H and O–H groups in total. The van der Waals surface area contributed by atoms with Gasteiger partial charge in [-0.1, -0.05) is 79.7 Å². The van der Waals surface area contributed by atoms with E-state index in [-0.39, 0.29) is 33.8 Å². The fourth-order valence-electron chi connectivity index (χ4n) is 8.54. The van der Waals surface area contributed by atoms with Crippen LogP contribution in [0.1, 0.15) is 120 Å². The summed E-state index contributed by atoms with van der Waals surface area (Å²) in [4.78, 5) is 12.1. The number of carbonyl (C=O) groups excluding carboxylic acids is 1. The van der Waals surface area contributed by atoms with Crippen molar-refractivity contribution in [2.24, 2.45) is 23.2 Å². The predicted octanol–water partition coefficient (Wildman–Crippen LogP) is 10.3. The minimum Gasteiger partial charge on any atom is -0.460 e. The molecule has 0 aromatic heterocycles. The Hall–Kier alpha value is -0.996. The first-order valence-electron chi connectivity index (χ1n) is 18.3. The first-order valence-corrected chi connectivity index (χ1v) is 24.1. The second-order valence-corrected chi connectivity index (χ2v) is 28.6. The number of hydrogen-bond donors (Lipinski definition) is 1. The third-order valence-electron chi connectivity index (χ3n) is 13.4. The van der Waals surface area contributed by atoms with Gasteiger partial charge in [0.05, 0.1) is 12.2 Å². The van der Waals surface area contributed by atoms with E-state index < -0.39 is 28.2 Å². The van der Waals surface area contributed by atoms with Crippen LogP contribution in [0.3, 0.4) is 0 Å². The molecule has 262 valence electrons. The van der Waals surface area contributed by atoms with Gasteiger partial charge in [-0.15, -0.1) is 0 Å². The van der Waals surface area contributed by atoms with Crippen LogP contribution in [0.5, 0.6) is 0 Å². The van der Waals surface area contributed by atoms with Crippen LogP contribution < -0.4 is 0 Å². The van der Waals surface area contributed by atoms with Gasteiger partial charge in [0.1, 0.15) is 6.10 Å². The lowest BCUT2D eigenvalue weighted by molar-refractivity contribution is -0.154. The Labute approximate surface area is 284 Å². The van der Waals surface area contributed by atoms with Crippen LogP contribution in [0.25, 0.3) is 0 Å². The van der Waals surface area contributed by atoms with Gasteiger partial charge in [0.2, 0.25) is 0 Å². The molecule has 0 radical (unpaired) electrons. The molecule has 8 atom stereocenters. The summed E-state index contributed by atoms with van der Waals surface area (Å²) in [6, 6.07) is 0. The van der Waals surface area contributed by atoms with Crippen LogP contribution in [0, 0.1) is 23.2 Å². The summed E-state index contributed by atoms with van der Waals surface area (Å²) in [6.45, 7) is 34.5. The van der Waals surface area contributed by atoms with Crippen molar-refractivity contribution in [1.82, 2.24) is 0 Å². The SMILES string of the molecule is C=C1/C(=C\C=C2/CCC[C@]3(C)[C@@H]([C@H](C)C[C@H]4C[C@@](C)(O)C(=O)O4)CC[C@@H]23)C[C@@H](O[Si](C)(C)C(C)(C)C)C[C@@H]1O[Si](C)(C)C(C)(C)C. The number of fused-ring (bicyclic) bond motifs is 1. The van der Waals surface area contributed by atoms with Crippen molar-refractivity contribution in [3.63, 3.8) is 0 Å². The van der Waals surface area contributed by atoms with Gasteiger partial charge in [-0.3, -0.25) is 0 Å². The molecule has 5 nitrogen and oxygen atoms in total. The van der Waals surface area contributed by atoms with Crippen molar-refractivity contribution in [1.29, 1.82) is 0 Å². The van der Waals surface area contributed by atoms with Crippen LogP contribution in [0.4, 0.5) is 0 Å². The molecule has 7 heteroatoms. The standard InChI is InChI=1S/C39H68O5Si2/c1-26(22-31-25-39(10,41)35(40)42-31)32-19-20-33-28(16-15-21-38(32,33)9)17-18-29-23-30(43-45(11,12)36(3,4)5)24-34(27(29)2)44-46(13,14)37(6,7)8/h17-18,26,30-34,41H,2,15-16,19-25H2,1,3-14H3/b28-17+,29-18-/t26-,30-,31+,32-,33+,34+,38-,39-/m1/s1. The summed E-state index contributed by atoms with van der Waals surface area (Å²) < 4.78 is 19.7. The summed E-state index contributed by atoms with van der Waals surface area (Å²) >= 11 is 0.